The number of carbonyl (C=O) groups is 2. The van der Waals surface area contributed by atoms with Crippen molar-refractivity contribution in [2.24, 2.45) is 5.92 Å². The number of halogens is 2. The van der Waals surface area contributed by atoms with Crippen LogP contribution >= 0.6 is 11.6 Å². The van der Waals surface area contributed by atoms with Gasteiger partial charge in [0.2, 0.25) is 5.91 Å². The number of rotatable bonds is 9. The van der Waals surface area contributed by atoms with Gasteiger partial charge in [0.05, 0.1) is 20.2 Å². The highest BCUT2D eigenvalue weighted by Gasteiger charge is 2.35. The van der Waals surface area contributed by atoms with Crippen LogP contribution < -0.4 is 15.4 Å². The number of piperidine rings is 1. The lowest BCUT2D eigenvalue weighted by Crippen LogP contribution is -2.50. The van der Waals surface area contributed by atoms with E-state index in [1.807, 2.05) is 11.8 Å². The van der Waals surface area contributed by atoms with Crippen LogP contribution in [0, 0.1) is 5.92 Å². The molecule has 2 aliphatic rings. The average molecular weight is 440 g/mol. The Morgan fingerprint density at radius 3 is 2.63 bits per heavy atom. The number of likely N-dealkylation sites (tertiary alicyclic amines) is 1. The average Bonchev–Trinajstić information content (AvgIpc) is 3.51. The SMILES string of the molecule is COc1cc(Cl)cc(C(=O)NCC2(F)CCN(CC(=O)NC(C)CC3CC3)CC2)c1. The topological polar surface area (TPSA) is 70.7 Å². The maximum atomic E-state index is 15.2. The molecular formula is C22H31ClFN3O3. The third kappa shape index (κ3) is 6.84. The zero-order valence-electron chi connectivity index (χ0n) is 17.7. The van der Waals surface area contributed by atoms with E-state index in [-0.39, 0.29) is 37.2 Å². The second-order valence-corrected chi connectivity index (χ2v) is 9.07. The lowest BCUT2D eigenvalue weighted by atomic mass is 9.93. The molecule has 1 aromatic carbocycles. The molecule has 166 valence electrons. The predicted octanol–water partition coefficient (Wildman–Crippen LogP) is 3.19. The van der Waals surface area contributed by atoms with Crippen molar-refractivity contribution in [3.8, 4) is 5.75 Å². The number of ether oxygens (including phenoxy) is 1. The second kappa shape index (κ2) is 9.96. The van der Waals surface area contributed by atoms with Crippen molar-refractivity contribution in [1.82, 2.24) is 15.5 Å². The molecule has 1 atom stereocenters. The summed E-state index contributed by atoms with van der Waals surface area (Å²) < 4.78 is 20.3. The molecule has 1 aliphatic heterocycles. The fourth-order valence-corrected chi connectivity index (χ4v) is 4.10. The summed E-state index contributed by atoms with van der Waals surface area (Å²) in [5.74, 6) is 0.850. The van der Waals surface area contributed by atoms with Gasteiger partial charge in [-0.25, -0.2) is 4.39 Å². The quantitative estimate of drug-likeness (QED) is 0.620. The molecule has 2 amide bonds. The van der Waals surface area contributed by atoms with Crippen LogP contribution in [0.3, 0.4) is 0 Å². The van der Waals surface area contributed by atoms with E-state index in [1.54, 1.807) is 12.1 Å². The predicted molar refractivity (Wildman–Crippen MR) is 115 cm³/mol. The number of carbonyl (C=O) groups excluding carboxylic acids is 2. The fraction of sp³-hybridized carbons (Fsp3) is 0.636. The molecule has 1 saturated heterocycles. The summed E-state index contributed by atoms with van der Waals surface area (Å²) in [6.45, 7) is 3.24. The van der Waals surface area contributed by atoms with Crippen LogP contribution in [-0.4, -0.2) is 61.7 Å². The Balaban J connectivity index is 1.41. The van der Waals surface area contributed by atoms with Crippen LogP contribution in [0.25, 0.3) is 0 Å². The van der Waals surface area contributed by atoms with Crippen molar-refractivity contribution in [2.45, 2.75) is 50.7 Å². The molecule has 1 heterocycles. The van der Waals surface area contributed by atoms with Gasteiger partial charge in [-0.15, -0.1) is 0 Å². The summed E-state index contributed by atoms with van der Waals surface area (Å²) in [5.41, 5.74) is -1.15. The number of hydrogen-bond donors (Lipinski definition) is 2. The first-order valence-electron chi connectivity index (χ1n) is 10.6. The number of methoxy groups -OCH3 is 1. The minimum Gasteiger partial charge on any atom is -0.497 e. The first-order chi connectivity index (χ1) is 14.3. The summed E-state index contributed by atoms with van der Waals surface area (Å²) in [7, 11) is 1.49. The van der Waals surface area contributed by atoms with Gasteiger partial charge in [-0.2, -0.15) is 0 Å². The number of amides is 2. The van der Waals surface area contributed by atoms with E-state index in [2.05, 4.69) is 10.6 Å². The number of nitrogens with one attached hydrogen (secondary N) is 2. The molecule has 3 rings (SSSR count). The molecule has 1 unspecified atom stereocenters. The van der Waals surface area contributed by atoms with Gasteiger partial charge in [0.25, 0.3) is 5.91 Å². The smallest absolute Gasteiger partial charge is 0.251 e. The highest BCUT2D eigenvalue weighted by molar-refractivity contribution is 6.31. The highest BCUT2D eigenvalue weighted by atomic mass is 35.5. The van der Waals surface area contributed by atoms with E-state index in [1.165, 1.54) is 26.0 Å². The number of alkyl halides is 1. The van der Waals surface area contributed by atoms with Crippen molar-refractivity contribution in [1.29, 1.82) is 0 Å². The minimum atomic E-state index is -1.48. The van der Waals surface area contributed by atoms with Crippen molar-refractivity contribution in [3.63, 3.8) is 0 Å². The van der Waals surface area contributed by atoms with Crippen molar-refractivity contribution in [2.75, 3.05) is 33.3 Å². The fourth-order valence-electron chi connectivity index (χ4n) is 3.88. The molecule has 2 N–H and O–H groups in total. The maximum Gasteiger partial charge on any atom is 0.251 e. The van der Waals surface area contributed by atoms with Gasteiger partial charge in [0.15, 0.2) is 0 Å². The first kappa shape index (κ1) is 22.8. The van der Waals surface area contributed by atoms with Gasteiger partial charge in [0.1, 0.15) is 11.4 Å². The zero-order chi connectivity index (χ0) is 21.7. The summed E-state index contributed by atoms with van der Waals surface area (Å²) in [6.07, 6.45) is 4.13. The van der Waals surface area contributed by atoms with E-state index < -0.39 is 5.67 Å². The number of hydrogen-bond acceptors (Lipinski definition) is 4. The molecule has 30 heavy (non-hydrogen) atoms. The van der Waals surface area contributed by atoms with E-state index in [9.17, 15) is 9.59 Å². The minimum absolute atomic E-state index is 0.00212. The largest absolute Gasteiger partial charge is 0.497 e. The van der Waals surface area contributed by atoms with Crippen molar-refractivity contribution in [3.05, 3.63) is 28.8 Å². The first-order valence-corrected chi connectivity index (χ1v) is 11.0. The van der Waals surface area contributed by atoms with E-state index in [0.717, 1.165) is 12.3 Å². The molecule has 6 nitrogen and oxygen atoms in total. The maximum absolute atomic E-state index is 15.2. The standard InChI is InChI=1S/C22H31ClFN3O3/c1-15(9-16-3-4-16)26-20(28)13-27-7-5-22(24,6-8-27)14-25-21(29)17-10-18(23)12-19(11-17)30-2/h10-12,15-16H,3-9,13-14H2,1-2H3,(H,25,29)(H,26,28). The molecule has 0 spiro atoms. The van der Waals surface area contributed by atoms with Crippen LogP contribution in [0.15, 0.2) is 18.2 Å². The lowest BCUT2D eigenvalue weighted by Gasteiger charge is -2.36. The Labute approximate surface area is 182 Å². The molecule has 1 aromatic rings. The van der Waals surface area contributed by atoms with Crippen molar-refractivity contribution < 1.29 is 18.7 Å². The summed E-state index contributed by atoms with van der Waals surface area (Å²) >= 11 is 5.99. The molecule has 0 bridgehead atoms. The molecule has 1 aliphatic carbocycles. The van der Waals surface area contributed by atoms with Gasteiger partial charge in [-0.05, 0) is 50.3 Å². The lowest BCUT2D eigenvalue weighted by molar-refractivity contribution is -0.123. The van der Waals surface area contributed by atoms with Crippen LogP contribution in [-0.2, 0) is 4.79 Å². The van der Waals surface area contributed by atoms with E-state index in [0.29, 0.717) is 36.0 Å². The Hall–Kier alpha value is -1.86. The Morgan fingerprint density at radius 1 is 1.30 bits per heavy atom. The molecule has 0 radical (unpaired) electrons. The number of benzene rings is 1. The van der Waals surface area contributed by atoms with Crippen molar-refractivity contribution >= 4 is 23.4 Å². The summed E-state index contributed by atoms with van der Waals surface area (Å²) in [4.78, 5) is 26.6. The summed E-state index contributed by atoms with van der Waals surface area (Å²) in [6, 6.07) is 4.89. The molecule has 1 saturated carbocycles. The second-order valence-electron chi connectivity index (χ2n) is 8.64. The van der Waals surface area contributed by atoms with Crippen LogP contribution in [0.2, 0.25) is 5.02 Å². The van der Waals surface area contributed by atoms with Crippen LogP contribution in [0.5, 0.6) is 5.75 Å². The van der Waals surface area contributed by atoms with Gasteiger partial charge in [-0.1, -0.05) is 24.4 Å². The monoisotopic (exact) mass is 439 g/mol. The third-order valence-electron chi connectivity index (χ3n) is 5.85. The molecule has 2 fully saturated rings. The Bertz CT molecular complexity index is 764. The van der Waals surface area contributed by atoms with Gasteiger partial charge in [-0.3, -0.25) is 14.5 Å². The molecular weight excluding hydrogens is 409 g/mol. The number of nitrogens with zero attached hydrogens (tertiary/aromatic N) is 1. The highest BCUT2D eigenvalue weighted by Crippen LogP contribution is 2.33. The van der Waals surface area contributed by atoms with Gasteiger partial charge >= 0.3 is 0 Å². The van der Waals surface area contributed by atoms with E-state index >= 15 is 4.39 Å². The zero-order valence-corrected chi connectivity index (χ0v) is 18.4. The Kier molecular flexibility index (Phi) is 7.58. The molecule has 0 aromatic heterocycles. The normalized spacial score (nSPS) is 19.7. The van der Waals surface area contributed by atoms with E-state index in [4.69, 9.17) is 16.3 Å². The van der Waals surface area contributed by atoms with Crippen LogP contribution in [0.4, 0.5) is 4.39 Å². The Morgan fingerprint density at radius 2 is 2.00 bits per heavy atom. The van der Waals surface area contributed by atoms with Gasteiger partial charge in [0, 0.05) is 29.7 Å². The van der Waals surface area contributed by atoms with Gasteiger partial charge < -0.3 is 15.4 Å². The molecule has 8 heteroatoms. The third-order valence-corrected chi connectivity index (χ3v) is 6.06. The summed E-state index contributed by atoms with van der Waals surface area (Å²) in [5, 5.41) is 6.09. The van der Waals surface area contributed by atoms with Crippen LogP contribution in [0.1, 0.15) is 49.4 Å².